The molecule has 0 saturated heterocycles. The van der Waals surface area contributed by atoms with Gasteiger partial charge in [-0.15, -0.1) is 0 Å². The van der Waals surface area contributed by atoms with Gasteiger partial charge in [0.1, 0.15) is 19.3 Å². The maximum atomic E-state index is 13.1. The Morgan fingerprint density at radius 1 is 0.262 bits per heavy atom. The van der Waals surface area contributed by atoms with Crippen LogP contribution in [0.5, 0.6) is 0 Å². The number of unbranched alkanes of at least 4 members (excludes halogenated alkanes) is 50. The molecule has 3 N–H and O–H groups in total. The molecule has 0 spiro atoms. The van der Waals surface area contributed by atoms with Crippen molar-refractivity contribution in [2.45, 2.75) is 458 Å². The quantitative estimate of drug-likeness (QED) is 0.0222. The van der Waals surface area contributed by atoms with E-state index in [0.717, 1.165) is 108 Å². The first-order chi connectivity index (χ1) is 49.7. The molecule has 17 nitrogen and oxygen atoms in total. The van der Waals surface area contributed by atoms with Crippen LogP contribution in [0.4, 0.5) is 0 Å². The summed E-state index contributed by atoms with van der Waals surface area (Å²) in [4.78, 5) is 73.2. The number of hydrogen-bond donors (Lipinski definition) is 3. The Balaban J connectivity index is 5.27. The van der Waals surface area contributed by atoms with Crippen LogP contribution in [-0.4, -0.2) is 96.7 Å². The minimum atomic E-state index is -4.96. The summed E-state index contributed by atoms with van der Waals surface area (Å²) in [6.07, 6.45) is 63.7. The van der Waals surface area contributed by atoms with Gasteiger partial charge < -0.3 is 33.8 Å². The molecule has 0 fully saturated rings. The Kier molecular flexibility index (Phi) is 72.8. The van der Waals surface area contributed by atoms with Crippen molar-refractivity contribution in [3.8, 4) is 0 Å². The molecule has 612 valence electrons. The van der Waals surface area contributed by atoms with E-state index in [2.05, 4.69) is 48.5 Å². The van der Waals surface area contributed by atoms with Gasteiger partial charge in [0.15, 0.2) is 12.2 Å². The van der Waals surface area contributed by atoms with Crippen molar-refractivity contribution >= 4 is 39.5 Å². The van der Waals surface area contributed by atoms with Crippen LogP contribution in [0.1, 0.15) is 440 Å². The zero-order valence-corrected chi connectivity index (χ0v) is 69.6. The van der Waals surface area contributed by atoms with E-state index in [-0.39, 0.29) is 25.7 Å². The number of hydrogen-bond acceptors (Lipinski definition) is 15. The molecule has 5 atom stereocenters. The highest BCUT2D eigenvalue weighted by molar-refractivity contribution is 7.47. The Bertz CT molecular complexity index is 1990. The number of carbonyl (C=O) groups excluding carboxylic acids is 4. The molecule has 0 aliphatic rings. The van der Waals surface area contributed by atoms with E-state index in [0.29, 0.717) is 25.7 Å². The van der Waals surface area contributed by atoms with Gasteiger partial charge >= 0.3 is 39.5 Å². The van der Waals surface area contributed by atoms with Crippen molar-refractivity contribution in [3.63, 3.8) is 0 Å². The second kappa shape index (κ2) is 74.2. The van der Waals surface area contributed by atoms with Crippen LogP contribution in [0, 0.1) is 17.8 Å². The van der Waals surface area contributed by atoms with Gasteiger partial charge in [0, 0.05) is 25.7 Å². The fourth-order valence-corrected chi connectivity index (χ4v) is 14.6. The van der Waals surface area contributed by atoms with Crippen molar-refractivity contribution in [1.82, 2.24) is 0 Å². The van der Waals surface area contributed by atoms with Crippen LogP contribution >= 0.6 is 15.6 Å². The van der Waals surface area contributed by atoms with Crippen molar-refractivity contribution in [1.29, 1.82) is 0 Å². The molecule has 19 heteroatoms. The molecule has 0 aliphatic heterocycles. The Labute approximate surface area is 632 Å². The lowest BCUT2D eigenvalue weighted by atomic mass is 10.0. The molecule has 0 aromatic carbocycles. The molecule has 0 aliphatic carbocycles. The molecule has 0 saturated carbocycles. The number of rotatable bonds is 82. The second-order valence-electron chi connectivity index (χ2n) is 31.6. The van der Waals surface area contributed by atoms with E-state index in [1.54, 1.807) is 0 Å². The van der Waals surface area contributed by atoms with Gasteiger partial charge in [0.2, 0.25) is 0 Å². The summed E-state index contributed by atoms with van der Waals surface area (Å²) in [5.41, 5.74) is 0. The maximum absolute atomic E-state index is 13.1. The number of phosphoric ester groups is 2. The van der Waals surface area contributed by atoms with E-state index in [9.17, 15) is 43.2 Å². The van der Waals surface area contributed by atoms with Gasteiger partial charge in [-0.1, -0.05) is 389 Å². The highest BCUT2D eigenvalue weighted by Gasteiger charge is 2.30. The predicted octanol–water partition coefficient (Wildman–Crippen LogP) is 25.3. The SMILES string of the molecule is CCCCCCCCCCCCCCCCC(=O)O[C@H](COC(=O)CCCCCCCCCCCCC(C)C)COP(=O)(O)OC[C@H](O)COP(=O)(O)OC[C@@H](COC(=O)CCCCCCCCCCCCCCCCCC(C)C)OC(=O)CCCCCCCCCCCCCCCCCC(C)C. The number of aliphatic hydroxyl groups is 1. The summed E-state index contributed by atoms with van der Waals surface area (Å²) in [5.74, 6) is 0.263. The molecule has 0 radical (unpaired) electrons. The van der Waals surface area contributed by atoms with Gasteiger partial charge in [0.25, 0.3) is 0 Å². The fraction of sp³-hybridized carbons (Fsp3) is 0.952. The van der Waals surface area contributed by atoms with Gasteiger partial charge in [-0.25, -0.2) is 9.13 Å². The molecule has 2 unspecified atom stereocenters. The first-order valence-electron chi connectivity index (χ1n) is 43.3. The number of esters is 4. The lowest BCUT2D eigenvalue weighted by molar-refractivity contribution is -0.161. The summed E-state index contributed by atoms with van der Waals surface area (Å²) >= 11 is 0. The molecule has 0 aromatic rings. The van der Waals surface area contributed by atoms with Crippen LogP contribution in [0.15, 0.2) is 0 Å². The van der Waals surface area contributed by atoms with E-state index < -0.39 is 97.5 Å². The monoisotopic (exact) mass is 1510 g/mol. The highest BCUT2D eigenvalue weighted by atomic mass is 31.2. The standard InChI is InChI=1S/C84H164O17P2/c1-8-9-10-11-12-13-14-15-24-30-39-46-53-60-67-83(88)101-80(72-95-82(87)66-59-52-45-38-33-32-36-43-50-57-64-77(6)7)74-99-103(92,93)97-70-78(85)69-96-102(90,91)98-73-79(100-84(89)68-61-54-47-40-31-26-21-17-19-23-28-35-42-49-56-63-76(4)5)71-94-81(86)65-58-51-44-37-29-25-20-16-18-22-27-34-41-48-55-62-75(2)3/h75-80,85H,8-74H2,1-7H3,(H,90,91)(H,92,93)/t78-,79-,80-/m1/s1. The third kappa shape index (κ3) is 78.0. The van der Waals surface area contributed by atoms with Crippen LogP contribution < -0.4 is 0 Å². The van der Waals surface area contributed by atoms with Crippen LogP contribution in [0.25, 0.3) is 0 Å². The van der Waals surface area contributed by atoms with Crippen molar-refractivity contribution in [2.75, 3.05) is 39.6 Å². The Hall–Kier alpha value is -1.94. The van der Waals surface area contributed by atoms with E-state index in [4.69, 9.17) is 37.0 Å². The molecule has 0 amide bonds. The van der Waals surface area contributed by atoms with Crippen molar-refractivity contribution in [3.05, 3.63) is 0 Å². The number of carbonyl (C=O) groups is 4. The van der Waals surface area contributed by atoms with Crippen molar-refractivity contribution in [2.24, 2.45) is 17.8 Å². The third-order valence-corrected chi connectivity index (χ3v) is 21.5. The summed E-state index contributed by atoms with van der Waals surface area (Å²) < 4.78 is 68.9. The van der Waals surface area contributed by atoms with Crippen molar-refractivity contribution < 1.29 is 80.2 Å². The summed E-state index contributed by atoms with van der Waals surface area (Å²) in [6, 6.07) is 0. The first-order valence-corrected chi connectivity index (χ1v) is 46.3. The van der Waals surface area contributed by atoms with Gasteiger partial charge in [0.05, 0.1) is 26.4 Å². The predicted molar refractivity (Wildman–Crippen MR) is 423 cm³/mol. The first kappa shape index (κ1) is 101. The second-order valence-corrected chi connectivity index (χ2v) is 34.6. The van der Waals surface area contributed by atoms with Gasteiger partial charge in [-0.2, -0.15) is 0 Å². The third-order valence-electron chi connectivity index (χ3n) is 19.6. The lowest BCUT2D eigenvalue weighted by Crippen LogP contribution is -2.30. The summed E-state index contributed by atoms with van der Waals surface area (Å²) in [7, 11) is -9.93. The zero-order valence-electron chi connectivity index (χ0n) is 67.8. The molecule has 0 bridgehead atoms. The van der Waals surface area contributed by atoms with Gasteiger partial charge in [-0.05, 0) is 43.4 Å². The molecular weight excluding hydrogens is 1340 g/mol. The lowest BCUT2D eigenvalue weighted by Gasteiger charge is -2.21. The zero-order chi connectivity index (χ0) is 75.8. The normalized spacial score (nSPS) is 13.9. The van der Waals surface area contributed by atoms with E-state index >= 15 is 0 Å². The average Bonchev–Trinajstić information content (AvgIpc) is 0.906. The molecule has 0 heterocycles. The van der Waals surface area contributed by atoms with E-state index in [1.807, 2.05) is 0 Å². The van der Waals surface area contributed by atoms with E-state index in [1.165, 1.54) is 250 Å². The maximum Gasteiger partial charge on any atom is 0.472 e. The molecule has 0 rings (SSSR count). The number of phosphoric acid groups is 2. The molecule has 0 aromatic heterocycles. The minimum Gasteiger partial charge on any atom is -0.462 e. The Morgan fingerprint density at radius 2 is 0.447 bits per heavy atom. The van der Waals surface area contributed by atoms with Gasteiger partial charge in [-0.3, -0.25) is 37.3 Å². The highest BCUT2D eigenvalue weighted by Crippen LogP contribution is 2.45. The fourth-order valence-electron chi connectivity index (χ4n) is 13.0. The molecule has 103 heavy (non-hydrogen) atoms. The van der Waals surface area contributed by atoms with Crippen LogP contribution in [0.3, 0.4) is 0 Å². The number of ether oxygens (including phenoxy) is 4. The summed E-state index contributed by atoms with van der Waals surface area (Å²) in [6.45, 7) is 12.0. The minimum absolute atomic E-state index is 0.108. The molecular formula is C84H164O17P2. The van der Waals surface area contributed by atoms with Crippen LogP contribution in [0.2, 0.25) is 0 Å². The Morgan fingerprint density at radius 3 is 0.660 bits per heavy atom. The average molecular weight is 1510 g/mol. The van der Waals surface area contributed by atoms with Crippen LogP contribution in [-0.2, 0) is 65.4 Å². The number of aliphatic hydroxyl groups excluding tert-OH is 1. The smallest absolute Gasteiger partial charge is 0.462 e. The summed E-state index contributed by atoms with van der Waals surface area (Å²) in [5, 5.41) is 10.7. The largest absolute Gasteiger partial charge is 0.472 e. The topological polar surface area (TPSA) is 237 Å².